The number of likely N-dealkylation sites (tertiary alicyclic amines) is 1. The molecule has 4 heteroatoms. The molecule has 1 unspecified atom stereocenters. The van der Waals surface area contributed by atoms with E-state index < -0.39 is 0 Å². The van der Waals surface area contributed by atoms with Gasteiger partial charge in [0.1, 0.15) is 0 Å². The summed E-state index contributed by atoms with van der Waals surface area (Å²) >= 11 is 9.37. The quantitative estimate of drug-likeness (QED) is 0.782. The van der Waals surface area contributed by atoms with E-state index >= 15 is 0 Å². The molecule has 0 spiro atoms. The zero-order valence-electron chi connectivity index (χ0n) is 9.53. The number of benzene rings is 1. The zero-order valence-corrected chi connectivity index (χ0v) is 11.9. The molecule has 1 heterocycles. The predicted molar refractivity (Wildman–Crippen MR) is 73.6 cm³/mol. The molecule has 0 aliphatic carbocycles. The number of carbonyl (C=O) groups is 1. The van der Waals surface area contributed by atoms with Crippen LogP contribution >= 0.6 is 27.5 Å². The van der Waals surface area contributed by atoms with Crippen molar-refractivity contribution < 1.29 is 4.79 Å². The van der Waals surface area contributed by atoms with Crippen LogP contribution in [0.3, 0.4) is 0 Å². The average molecular weight is 317 g/mol. The van der Waals surface area contributed by atoms with Gasteiger partial charge in [0, 0.05) is 29.9 Å². The van der Waals surface area contributed by atoms with Crippen molar-refractivity contribution in [2.24, 2.45) is 5.92 Å². The number of hydrogen-bond acceptors (Lipinski definition) is 1. The minimum Gasteiger partial charge on any atom is -0.342 e. The van der Waals surface area contributed by atoms with Gasteiger partial charge in [0.05, 0.1) is 0 Å². The molecule has 2 rings (SSSR count). The highest BCUT2D eigenvalue weighted by molar-refractivity contribution is 9.09. The molecule has 0 saturated carbocycles. The Labute approximate surface area is 115 Å². The first-order valence-corrected chi connectivity index (χ1v) is 7.27. The molecule has 1 aromatic carbocycles. The molecule has 1 aliphatic heterocycles. The first-order chi connectivity index (χ1) is 8.19. The molecule has 92 valence electrons. The first kappa shape index (κ1) is 12.9. The highest BCUT2D eigenvalue weighted by Gasteiger charge is 2.28. The average Bonchev–Trinajstić information content (AvgIpc) is 2.68. The van der Waals surface area contributed by atoms with Gasteiger partial charge in [0.15, 0.2) is 0 Å². The first-order valence-electron chi connectivity index (χ1n) is 5.77. The number of rotatable bonds is 4. The Morgan fingerprint density at radius 1 is 1.47 bits per heavy atom. The minimum absolute atomic E-state index is 0.275. The van der Waals surface area contributed by atoms with Crippen molar-refractivity contribution in [1.29, 1.82) is 0 Å². The van der Waals surface area contributed by atoms with E-state index in [9.17, 15) is 4.79 Å². The Bertz CT molecular complexity index is 410. The van der Waals surface area contributed by atoms with Crippen LogP contribution in [0.1, 0.15) is 12.0 Å². The minimum atomic E-state index is 0.275. The van der Waals surface area contributed by atoms with E-state index in [0.29, 0.717) is 12.3 Å². The lowest BCUT2D eigenvalue weighted by Gasteiger charge is -2.16. The van der Waals surface area contributed by atoms with Gasteiger partial charge in [-0.15, -0.1) is 0 Å². The number of nitrogens with zero attached hydrogens (tertiary/aromatic N) is 1. The maximum absolute atomic E-state index is 11.7. The Hall–Kier alpha value is -0.540. The van der Waals surface area contributed by atoms with Crippen molar-refractivity contribution in [2.75, 3.05) is 18.4 Å². The fourth-order valence-corrected chi connectivity index (χ4v) is 2.78. The largest absolute Gasteiger partial charge is 0.342 e. The van der Waals surface area contributed by atoms with Crippen LogP contribution in [0, 0.1) is 5.92 Å². The third-order valence-corrected chi connectivity index (χ3v) is 4.22. The number of amides is 1. The predicted octanol–water partition coefficient (Wildman–Crippen LogP) is 3.13. The van der Waals surface area contributed by atoms with Crippen LogP contribution in [0.5, 0.6) is 0 Å². The van der Waals surface area contributed by atoms with Crippen LogP contribution in [0.4, 0.5) is 0 Å². The fourth-order valence-electron chi connectivity index (χ4n) is 2.13. The third-order valence-electron chi connectivity index (χ3n) is 3.07. The van der Waals surface area contributed by atoms with Crippen molar-refractivity contribution in [3.05, 3.63) is 34.9 Å². The second-order valence-corrected chi connectivity index (χ2v) is 5.53. The van der Waals surface area contributed by atoms with Gasteiger partial charge in [-0.1, -0.05) is 39.7 Å². The number of hydrogen-bond donors (Lipinski definition) is 0. The molecular formula is C13H15BrClNO. The lowest BCUT2D eigenvalue weighted by molar-refractivity contribution is -0.127. The summed E-state index contributed by atoms with van der Waals surface area (Å²) in [6.45, 7) is 1.67. The van der Waals surface area contributed by atoms with E-state index in [1.165, 1.54) is 5.56 Å². The molecule has 1 fully saturated rings. The standard InChI is InChI=1S/C13H15BrClNO/c14-8-11-7-13(17)16(9-11)5-4-10-2-1-3-12(15)6-10/h1-3,6,11H,4-5,7-9H2. The lowest BCUT2D eigenvalue weighted by Crippen LogP contribution is -2.27. The highest BCUT2D eigenvalue weighted by atomic mass is 79.9. The second kappa shape index (κ2) is 5.87. The summed E-state index contributed by atoms with van der Waals surface area (Å²) in [6, 6.07) is 7.83. The number of carbonyl (C=O) groups excluding carboxylic acids is 1. The second-order valence-electron chi connectivity index (χ2n) is 4.44. The molecule has 1 aliphatic rings. The molecule has 0 radical (unpaired) electrons. The van der Waals surface area contributed by atoms with E-state index in [0.717, 1.165) is 29.9 Å². The summed E-state index contributed by atoms with van der Waals surface area (Å²) in [6.07, 6.45) is 1.56. The molecule has 1 saturated heterocycles. The summed E-state index contributed by atoms with van der Waals surface area (Å²) in [5.74, 6) is 0.748. The molecule has 0 N–H and O–H groups in total. The molecular weight excluding hydrogens is 302 g/mol. The zero-order chi connectivity index (χ0) is 12.3. The Kier molecular flexibility index (Phi) is 4.46. The summed E-state index contributed by atoms with van der Waals surface area (Å²) in [7, 11) is 0. The molecule has 1 amide bonds. The van der Waals surface area contributed by atoms with E-state index in [1.807, 2.05) is 29.2 Å². The topological polar surface area (TPSA) is 20.3 Å². The van der Waals surface area contributed by atoms with Crippen molar-refractivity contribution >= 4 is 33.4 Å². The summed E-state index contributed by atoms with van der Waals surface area (Å²) in [4.78, 5) is 13.7. The molecule has 0 aromatic heterocycles. The number of alkyl halides is 1. The van der Waals surface area contributed by atoms with Crippen LogP contribution in [-0.2, 0) is 11.2 Å². The van der Waals surface area contributed by atoms with Crippen molar-refractivity contribution in [1.82, 2.24) is 4.90 Å². The Balaban J connectivity index is 1.88. The van der Waals surface area contributed by atoms with E-state index in [1.54, 1.807) is 0 Å². The Morgan fingerprint density at radius 2 is 2.29 bits per heavy atom. The van der Waals surface area contributed by atoms with Crippen LogP contribution in [-0.4, -0.2) is 29.2 Å². The van der Waals surface area contributed by atoms with Gasteiger partial charge in [-0.05, 0) is 30.0 Å². The fraction of sp³-hybridized carbons (Fsp3) is 0.462. The van der Waals surface area contributed by atoms with Gasteiger partial charge in [0.25, 0.3) is 0 Å². The van der Waals surface area contributed by atoms with Crippen LogP contribution < -0.4 is 0 Å². The van der Waals surface area contributed by atoms with Gasteiger partial charge < -0.3 is 4.90 Å². The SMILES string of the molecule is O=C1CC(CBr)CN1CCc1cccc(Cl)c1. The molecule has 1 aromatic rings. The van der Waals surface area contributed by atoms with Crippen molar-refractivity contribution in [3.63, 3.8) is 0 Å². The van der Waals surface area contributed by atoms with E-state index in [2.05, 4.69) is 15.9 Å². The van der Waals surface area contributed by atoms with Gasteiger partial charge in [-0.3, -0.25) is 4.79 Å². The van der Waals surface area contributed by atoms with Crippen molar-refractivity contribution in [2.45, 2.75) is 12.8 Å². The van der Waals surface area contributed by atoms with Gasteiger partial charge >= 0.3 is 0 Å². The smallest absolute Gasteiger partial charge is 0.222 e. The Morgan fingerprint density at radius 3 is 2.94 bits per heavy atom. The monoisotopic (exact) mass is 315 g/mol. The summed E-state index contributed by atoms with van der Waals surface area (Å²) < 4.78 is 0. The molecule has 2 nitrogen and oxygen atoms in total. The van der Waals surface area contributed by atoms with Gasteiger partial charge in [0.2, 0.25) is 5.91 Å². The van der Waals surface area contributed by atoms with Crippen LogP contribution in [0.15, 0.2) is 24.3 Å². The van der Waals surface area contributed by atoms with Crippen LogP contribution in [0.25, 0.3) is 0 Å². The van der Waals surface area contributed by atoms with Crippen molar-refractivity contribution in [3.8, 4) is 0 Å². The van der Waals surface area contributed by atoms with Gasteiger partial charge in [-0.25, -0.2) is 0 Å². The normalized spacial score (nSPS) is 20.0. The van der Waals surface area contributed by atoms with E-state index in [4.69, 9.17) is 11.6 Å². The maximum atomic E-state index is 11.7. The lowest BCUT2D eigenvalue weighted by atomic mass is 10.1. The molecule has 0 bridgehead atoms. The van der Waals surface area contributed by atoms with Crippen LogP contribution in [0.2, 0.25) is 5.02 Å². The highest BCUT2D eigenvalue weighted by Crippen LogP contribution is 2.20. The van der Waals surface area contributed by atoms with Gasteiger partial charge in [-0.2, -0.15) is 0 Å². The summed E-state index contributed by atoms with van der Waals surface area (Å²) in [5.41, 5.74) is 1.19. The maximum Gasteiger partial charge on any atom is 0.222 e. The molecule has 1 atom stereocenters. The third kappa shape index (κ3) is 3.46. The summed E-state index contributed by atoms with van der Waals surface area (Å²) in [5, 5.41) is 1.67. The number of halogens is 2. The molecule has 17 heavy (non-hydrogen) atoms. The van der Waals surface area contributed by atoms with E-state index in [-0.39, 0.29) is 5.91 Å².